The first kappa shape index (κ1) is 22.6. The second kappa shape index (κ2) is 10.7. The molecule has 1 rings (SSSR count). The lowest BCUT2D eigenvalue weighted by Gasteiger charge is -2.33. The van der Waals surface area contributed by atoms with Crippen LogP contribution in [0.15, 0.2) is 24.3 Å². The summed E-state index contributed by atoms with van der Waals surface area (Å²) in [4.78, 5) is 39.6. The monoisotopic (exact) mass is 376 g/mol. The summed E-state index contributed by atoms with van der Waals surface area (Å²) in [7, 11) is 0. The summed E-state index contributed by atoms with van der Waals surface area (Å²) < 4.78 is 0. The Hall–Kier alpha value is -2.41. The van der Waals surface area contributed by atoms with Gasteiger partial charge in [0.2, 0.25) is 17.7 Å². The van der Waals surface area contributed by atoms with Gasteiger partial charge < -0.3 is 16.0 Å². The van der Waals surface area contributed by atoms with E-state index in [0.29, 0.717) is 30.9 Å². The van der Waals surface area contributed by atoms with Gasteiger partial charge in [-0.1, -0.05) is 6.92 Å². The Morgan fingerprint density at radius 1 is 1.04 bits per heavy atom. The standard InChI is InChI=1S/C20H32N4O3/c1-6-23(13-19(26)24(14(2)3)15(4)5)12-11-18(25)22-17-9-7-16(8-10-17)20(21)27/h7-10,14-15H,6,11-13H2,1-5H3,(H2,21,27)(H,22,25). The number of nitrogens with two attached hydrogens (primary N) is 1. The number of nitrogens with one attached hydrogen (secondary N) is 1. The minimum atomic E-state index is -0.507. The summed E-state index contributed by atoms with van der Waals surface area (Å²) in [5.41, 5.74) is 6.20. The molecule has 3 N–H and O–H groups in total. The smallest absolute Gasteiger partial charge is 0.248 e. The second-order valence-corrected chi connectivity index (χ2v) is 7.10. The third kappa shape index (κ3) is 7.38. The fourth-order valence-corrected chi connectivity index (χ4v) is 3.00. The van der Waals surface area contributed by atoms with Gasteiger partial charge in [-0.2, -0.15) is 0 Å². The third-order valence-electron chi connectivity index (χ3n) is 4.32. The molecule has 1 aromatic rings. The number of hydrogen-bond acceptors (Lipinski definition) is 4. The Balaban J connectivity index is 2.54. The zero-order valence-electron chi connectivity index (χ0n) is 17.0. The molecule has 1 aromatic carbocycles. The van der Waals surface area contributed by atoms with Crippen molar-refractivity contribution in [2.24, 2.45) is 5.73 Å². The summed E-state index contributed by atoms with van der Waals surface area (Å²) in [6.07, 6.45) is 0.280. The lowest BCUT2D eigenvalue weighted by molar-refractivity contribution is -0.136. The van der Waals surface area contributed by atoms with E-state index in [4.69, 9.17) is 5.73 Å². The van der Waals surface area contributed by atoms with Gasteiger partial charge in [0, 0.05) is 36.3 Å². The first-order chi connectivity index (χ1) is 12.6. The predicted molar refractivity (Wildman–Crippen MR) is 107 cm³/mol. The molecule has 0 unspecified atom stereocenters. The van der Waals surface area contributed by atoms with Crippen LogP contribution in [0.5, 0.6) is 0 Å². The molecule has 0 fully saturated rings. The molecule has 0 spiro atoms. The molecule has 0 radical (unpaired) electrons. The van der Waals surface area contributed by atoms with Crippen molar-refractivity contribution in [1.82, 2.24) is 9.80 Å². The Morgan fingerprint density at radius 3 is 2.04 bits per heavy atom. The second-order valence-electron chi connectivity index (χ2n) is 7.10. The zero-order chi connectivity index (χ0) is 20.6. The molecule has 0 saturated heterocycles. The number of nitrogens with zero attached hydrogens (tertiary/aromatic N) is 2. The molecule has 0 heterocycles. The van der Waals surface area contributed by atoms with Gasteiger partial charge in [-0.25, -0.2) is 0 Å². The van der Waals surface area contributed by atoms with E-state index in [0.717, 1.165) is 0 Å². The molecule has 0 aliphatic carbocycles. The zero-order valence-corrected chi connectivity index (χ0v) is 17.0. The average Bonchev–Trinajstić information content (AvgIpc) is 2.58. The van der Waals surface area contributed by atoms with Crippen molar-refractivity contribution in [3.8, 4) is 0 Å². The number of carbonyl (C=O) groups is 3. The number of amides is 3. The molecule has 7 heteroatoms. The maximum absolute atomic E-state index is 12.6. The fraction of sp³-hybridized carbons (Fsp3) is 0.550. The van der Waals surface area contributed by atoms with Gasteiger partial charge in [-0.15, -0.1) is 0 Å². The van der Waals surface area contributed by atoms with Crippen LogP contribution in [0.3, 0.4) is 0 Å². The summed E-state index contributed by atoms with van der Waals surface area (Å²) in [5, 5.41) is 2.79. The maximum atomic E-state index is 12.6. The summed E-state index contributed by atoms with van der Waals surface area (Å²) >= 11 is 0. The van der Waals surface area contributed by atoms with Crippen LogP contribution in [-0.2, 0) is 9.59 Å². The molecule has 7 nitrogen and oxygen atoms in total. The van der Waals surface area contributed by atoms with Crippen molar-refractivity contribution in [2.75, 3.05) is 25.0 Å². The van der Waals surface area contributed by atoms with Crippen LogP contribution in [-0.4, -0.2) is 59.2 Å². The van der Waals surface area contributed by atoms with Crippen LogP contribution >= 0.6 is 0 Å². The number of benzene rings is 1. The van der Waals surface area contributed by atoms with Crippen LogP contribution < -0.4 is 11.1 Å². The first-order valence-electron chi connectivity index (χ1n) is 9.38. The predicted octanol–water partition coefficient (Wildman–Crippen LogP) is 2.08. The van der Waals surface area contributed by atoms with Crippen LogP contribution in [0.2, 0.25) is 0 Å². The van der Waals surface area contributed by atoms with Crippen LogP contribution in [0.1, 0.15) is 51.4 Å². The minimum Gasteiger partial charge on any atom is -0.366 e. The van der Waals surface area contributed by atoms with Crippen molar-refractivity contribution in [1.29, 1.82) is 0 Å². The number of rotatable bonds is 10. The number of hydrogen-bond donors (Lipinski definition) is 2. The van der Waals surface area contributed by atoms with Gasteiger partial charge in [-0.3, -0.25) is 19.3 Å². The minimum absolute atomic E-state index is 0.0734. The highest BCUT2D eigenvalue weighted by atomic mass is 16.2. The van der Waals surface area contributed by atoms with E-state index in [1.54, 1.807) is 24.3 Å². The largest absolute Gasteiger partial charge is 0.366 e. The van der Waals surface area contributed by atoms with E-state index < -0.39 is 5.91 Å². The van der Waals surface area contributed by atoms with Crippen molar-refractivity contribution in [3.63, 3.8) is 0 Å². The topological polar surface area (TPSA) is 95.7 Å². The fourth-order valence-electron chi connectivity index (χ4n) is 3.00. The Kier molecular flexibility index (Phi) is 8.94. The van der Waals surface area contributed by atoms with Gasteiger partial charge >= 0.3 is 0 Å². The van der Waals surface area contributed by atoms with E-state index in [2.05, 4.69) is 5.32 Å². The molecular formula is C20H32N4O3. The Labute approximate surface area is 161 Å². The molecule has 0 aliphatic heterocycles. The van der Waals surface area contributed by atoms with Crippen LogP contribution in [0.25, 0.3) is 0 Å². The summed E-state index contributed by atoms with van der Waals surface area (Å²) in [6.45, 7) is 11.5. The highest BCUT2D eigenvalue weighted by Crippen LogP contribution is 2.10. The Morgan fingerprint density at radius 2 is 1.59 bits per heavy atom. The molecule has 27 heavy (non-hydrogen) atoms. The van der Waals surface area contributed by atoms with Gasteiger partial charge in [0.15, 0.2) is 0 Å². The summed E-state index contributed by atoms with van der Waals surface area (Å²) in [5.74, 6) is -0.574. The molecule has 0 aliphatic rings. The molecule has 0 aromatic heterocycles. The SMILES string of the molecule is CCN(CCC(=O)Nc1ccc(C(N)=O)cc1)CC(=O)N(C(C)C)C(C)C. The number of primary amides is 1. The first-order valence-corrected chi connectivity index (χ1v) is 9.38. The van der Waals surface area contributed by atoms with Crippen LogP contribution in [0, 0.1) is 0 Å². The van der Waals surface area contributed by atoms with Crippen molar-refractivity contribution in [2.45, 2.75) is 53.1 Å². The van der Waals surface area contributed by atoms with E-state index in [1.807, 2.05) is 44.4 Å². The maximum Gasteiger partial charge on any atom is 0.248 e. The molecule has 150 valence electrons. The summed E-state index contributed by atoms with van der Waals surface area (Å²) in [6, 6.07) is 6.71. The van der Waals surface area contributed by atoms with E-state index in [1.165, 1.54) is 0 Å². The molecule has 0 bridgehead atoms. The van der Waals surface area contributed by atoms with Gasteiger partial charge in [0.1, 0.15) is 0 Å². The normalized spacial score (nSPS) is 11.1. The average molecular weight is 377 g/mol. The van der Waals surface area contributed by atoms with Crippen LogP contribution in [0.4, 0.5) is 5.69 Å². The van der Waals surface area contributed by atoms with E-state index in [9.17, 15) is 14.4 Å². The van der Waals surface area contributed by atoms with Crippen molar-refractivity contribution >= 4 is 23.4 Å². The van der Waals surface area contributed by atoms with Gasteiger partial charge in [-0.05, 0) is 58.5 Å². The molecule has 3 amide bonds. The number of likely N-dealkylation sites (N-methyl/N-ethyl adjacent to an activating group) is 1. The lowest BCUT2D eigenvalue weighted by Crippen LogP contribution is -2.47. The lowest BCUT2D eigenvalue weighted by atomic mass is 10.2. The highest BCUT2D eigenvalue weighted by Gasteiger charge is 2.22. The van der Waals surface area contributed by atoms with E-state index >= 15 is 0 Å². The quantitative estimate of drug-likeness (QED) is 0.653. The van der Waals surface area contributed by atoms with E-state index in [-0.39, 0.29) is 30.3 Å². The number of carbonyl (C=O) groups excluding carboxylic acids is 3. The molecule has 0 atom stereocenters. The van der Waals surface area contributed by atoms with Gasteiger partial charge in [0.25, 0.3) is 0 Å². The van der Waals surface area contributed by atoms with Gasteiger partial charge in [0.05, 0.1) is 6.54 Å². The van der Waals surface area contributed by atoms with Crippen molar-refractivity contribution < 1.29 is 14.4 Å². The molecular weight excluding hydrogens is 344 g/mol. The number of anilines is 1. The third-order valence-corrected chi connectivity index (χ3v) is 4.32. The molecule has 0 saturated carbocycles. The van der Waals surface area contributed by atoms with Crippen molar-refractivity contribution in [3.05, 3.63) is 29.8 Å². The highest BCUT2D eigenvalue weighted by molar-refractivity contribution is 5.94. The Bertz CT molecular complexity index is 633.